The molecular weight excluding hydrogens is 748 g/mol. The Morgan fingerprint density at radius 3 is 1.33 bits per heavy atom. The fraction of sp³-hybridized carbons (Fsp3) is 0. The Balaban J connectivity index is 0.887. The summed E-state index contributed by atoms with van der Waals surface area (Å²) >= 11 is 0. The summed E-state index contributed by atoms with van der Waals surface area (Å²) < 4.78 is 18.4. The largest absolute Gasteiger partial charge is 0.309 e. The first-order chi connectivity index (χ1) is 30.1. The Morgan fingerprint density at radius 2 is 0.754 bits per heavy atom. The first-order valence-corrected chi connectivity index (χ1v) is 20.5. The van der Waals surface area contributed by atoms with Crippen LogP contribution in [0.2, 0.25) is 0 Å². The fourth-order valence-electron chi connectivity index (χ4n) is 9.09. The van der Waals surface area contributed by atoms with Crippen LogP contribution in [0.3, 0.4) is 0 Å². The SMILES string of the molecule is Fc1ccc(-n2c3ccccc3c3cc(-c4ccc(-c5ccc6c(c5)c5ccccc5n6-c5ccc(-c6nc(-c7ccccc7)c7ccccc7n6)cc5)cc4)ccc32)cc1. The summed E-state index contributed by atoms with van der Waals surface area (Å²) in [4.78, 5) is 10.1. The van der Waals surface area contributed by atoms with Gasteiger partial charge in [0.05, 0.1) is 33.3 Å². The van der Waals surface area contributed by atoms with E-state index in [1.54, 1.807) is 0 Å². The molecule has 0 aliphatic heterocycles. The topological polar surface area (TPSA) is 35.6 Å². The van der Waals surface area contributed by atoms with E-state index < -0.39 is 0 Å². The van der Waals surface area contributed by atoms with Gasteiger partial charge in [0.1, 0.15) is 5.82 Å². The number of rotatable bonds is 6. The molecule has 0 unspecified atom stereocenters. The zero-order chi connectivity index (χ0) is 40.4. The Labute approximate surface area is 351 Å². The molecule has 0 saturated heterocycles. The average Bonchev–Trinajstić information content (AvgIpc) is 3.84. The lowest BCUT2D eigenvalue weighted by atomic mass is 9.98. The second-order valence-electron chi connectivity index (χ2n) is 15.5. The molecule has 0 amide bonds. The van der Waals surface area contributed by atoms with Crippen LogP contribution >= 0.6 is 0 Å². The molecule has 3 heterocycles. The number of fused-ring (bicyclic) bond motifs is 7. The summed E-state index contributed by atoms with van der Waals surface area (Å²) in [6.07, 6.45) is 0. The molecule has 5 heteroatoms. The number of benzene rings is 9. The van der Waals surface area contributed by atoms with Gasteiger partial charge in [0.15, 0.2) is 5.82 Å². The van der Waals surface area contributed by atoms with Crippen molar-refractivity contribution in [2.24, 2.45) is 0 Å². The number of aromatic nitrogens is 4. The van der Waals surface area contributed by atoms with Crippen molar-refractivity contribution in [2.75, 3.05) is 0 Å². The molecular formula is C56H35FN4. The predicted octanol–water partition coefficient (Wildman–Crippen LogP) is 14.6. The van der Waals surface area contributed by atoms with Crippen molar-refractivity contribution in [3.05, 3.63) is 218 Å². The normalized spacial score (nSPS) is 11.7. The molecule has 0 N–H and O–H groups in total. The summed E-state index contributed by atoms with van der Waals surface area (Å²) in [6, 6.07) is 73.2. The second kappa shape index (κ2) is 14.0. The van der Waals surface area contributed by atoms with E-state index in [1.807, 2.05) is 42.5 Å². The van der Waals surface area contributed by atoms with Crippen LogP contribution in [-0.2, 0) is 0 Å². The van der Waals surface area contributed by atoms with Crippen molar-refractivity contribution in [2.45, 2.75) is 0 Å². The minimum Gasteiger partial charge on any atom is -0.309 e. The van der Waals surface area contributed by atoms with E-state index in [4.69, 9.17) is 9.97 Å². The lowest BCUT2D eigenvalue weighted by Gasteiger charge is -2.11. The van der Waals surface area contributed by atoms with Crippen molar-refractivity contribution in [3.63, 3.8) is 0 Å². The van der Waals surface area contributed by atoms with Crippen molar-refractivity contribution in [1.82, 2.24) is 19.1 Å². The van der Waals surface area contributed by atoms with Crippen LogP contribution in [0.15, 0.2) is 212 Å². The van der Waals surface area contributed by atoms with Gasteiger partial charge >= 0.3 is 0 Å². The van der Waals surface area contributed by atoms with Crippen LogP contribution in [0.4, 0.5) is 4.39 Å². The van der Waals surface area contributed by atoms with Gasteiger partial charge in [0.2, 0.25) is 0 Å². The molecule has 0 atom stereocenters. The van der Waals surface area contributed by atoms with Gasteiger partial charge in [0, 0.05) is 49.4 Å². The predicted molar refractivity (Wildman–Crippen MR) is 250 cm³/mol. The third-order valence-corrected chi connectivity index (χ3v) is 12.0. The van der Waals surface area contributed by atoms with Gasteiger partial charge in [-0.15, -0.1) is 0 Å². The van der Waals surface area contributed by atoms with Gasteiger partial charge in [-0.25, -0.2) is 14.4 Å². The van der Waals surface area contributed by atoms with E-state index in [-0.39, 0.29) is 5.82 Å². The Morgan fingerprint density at radius 1 is 0.311 bits per heavy atom. The Hall–Kier alpha value is -8.15. The summed E-state index contributed by atoms with van der Waals surface area (Å²) in [5, 5.41) is 5.78. The number of hydrogen-bond donors (Lipinski definition) is 0. The zero-order valence-electron chi connectivity index (χ0n) is 32.9. The highest BCUT2D eigenvalue weighted by molar-refractivity contribution is 6.11. The number of nitrogens with zero attached hydrogens (tertiary/aromatic N) is 4. The summed E-state index contributed by atoms with van der Waals surface area (Å²) in [7, 11) is 0. The maximum Gasteiger partial charge on any atom is 0.160 e. The lowest BCUT2D eigenvalue weighted by Crippen LogP contribution is -1.97. The molecule has 0 aliphatic carbocycles. The quantitative estimate of drug-likeness (QED) is 0.168. The molecule has 0 bridgehead atoms. The van der Waals surface area contributed by atoms with Gasteiger partial charge in [-0.05, 0) is 113 Å². The van der Waals surface area contributed by atoms with Crippen molar-refractivity contribution in [1.29, 1.82) is 0 Å². The Bertz CT molecular complexity index is 3620. The van der Waals surface area contributed by atoms with Crippen LogP contribution in [0.25, 0.3) is 111 Å². The molecule has 0 saturated carbocycles. The molecule has 0 radical (unpaired) electrons. The minimum atomic E-state index is -0.240. The lowest BCUT2D eigenvalue weighted by molar-refractivity contribution is 0.627. The smallest absolute Gasteiger partial charge is 0.160 e. The van der Waals surface area contributed by atoms with Gasteiger partial charge in [0.25, 0.3) is 0 Å². The summed E-state index contributed by atoms with van der Waals surface area (Å²) in [6.45, 7) is 0. The van der Waals surface area contributed by atoms with Crippen molar-refractivity contribution >= 4 is 54.5 Å². The first kappa shape index (κ1) is 34.9. The number of halogens is 1. The van der Waals surface area contributed by atoms with Gasteiger partial charge in [-0.1, -0.05) is 121 Å². The van der Waals surface area contributed by atoms with Crippen LogP contribution in [0.1, 0.15) is 0 Å². The van der Waals surface area contributed by atoms with E-state index in [1.165, 1.54) is 28.3 Å². The third-order valence-electron chi connectivity index (χ3n) is 12.0. The molecule has 0 aliphatic rings. The van der Waals surface area contributed by atoms with Crippen LogP contribution in [0.5, 0.6) is 0 Å². The van der Waals surface area contributed by atoms with E-state index in [2.05, 4.69) is 167 Å². The second-order valence-corrected chi connectivity index (χ2v) is 15.5. The van der Waals surface area contributed by atoms with E-state index in [9.17, 15) is 4.39 Å². The first-order valence-electron chi connectivity index (χ1n) is 20.5. The maximum absolute atomic E-state index is 13.9. The van der Waals surface area contributed by atoms with Crippen LogP contribution in [0, 0.1) is 5.82 Å². The van der Waals surface area contributed by atoms with E-state index >= 15 is 0 Å². The van der Waals surface area contributed by atoms with E-state index in [0.717, 1.165) is 88.8 Å². The van der Waals surface area contributed by atoms with Gasteiger partial charge in [-0.2, -0.15) is 0 Å². The minimum absolute atomic E-state index is 0.240. The van der Waals surface area contributed by atoms with Crippen molar-refractivity contribution in [3.8, 4) is 56.3 Å². The molecule has 286 valence electrons. The molecule has 12 rings (SSSR count). The highest BCUT2D eigenvalue weighted by atomic mass is 19.1. The molecule has 9 aromatic carbocycles. The molecule has 12 aromatic rings. The summed E-state index contributed by atoms with van der Waals surface area (Å²) in [5.74, 6) is 0.465. The monoisotopic (exact) mass is 782 g/mol. The maximum atomic E-state index is 13.9. The molecule has 3 aromatic heterocycles. The Kier molecular flexibility index (Phi) is 8.00. The number of hydrogen-bond acceptors (Lipinski definition) is 2. The fourth-order valence-corrected chi connectivity index (χ4v) is 9.09. The highest BCUT2D eigenvalue weighted by Gasteiger charge is 2.17. The molecule has 0 fully saturated rings. The average molecular weight is 783 g/mol. The third kappa shape index (κ3) is 5.82. The van der Waals surface area contributed by atoms with Crippen molar-refractivity contribution < 1.29 is 4.39 Å². The molecule has 0 spiro atoms. The summed E-state index contributed by atoms with van der Waals surface area (Å²) in [5.41, 5.74) is 15.0. The van der Waals surface area contributed by atoms with E-state index in [0.29, 0.717) is 5.82 Å². The zero-order valence-corrected chi connectivity index (χ0v) is 32.9. The molecule has 4 nitrogen and oxygen atoms in total. The van der Waals surface area contributed by atoms with Crippen LogP contribution in [-0.4, -0.2) is 19.1 Å². The van der Waals surface area contributed by atoms with Crippen LogP contribution < -0.4 is 0 Å². The van der Waals surface area contributed by atoms with Gasteiger partial charge < -0.3 is 9.13 Å². The van der Waals surface area contributed by atoms with Gasteiger partial charge in [-0.3, -0.25) is 0 Å². The standard InChI is InChI=1S/C56H35FN4/c57-42-26-30-44(31-27-42)61-52-17-9-6-13-46(52)49-35-41(25-33-54(49)61)37-20-18-36(19-21-37)40-24-32-53-48(34-40)45-12-5-8-16-51(45)60(53)43-28-22-39(23-29-43)56-58-50-15-7-4-14-47(50)55(59-56)38-10-2-1-3-11-38/h1-35H. The molecule has 61 heavy (non-hydrogen) atoms. The number of para-hydroxylation sites is 3. The highest BCUT2D eigenvalue weighted by Crippen LogP contribution is 2.38.